The molecular weight excluding hydrogens is 126 g/mol. The Morgan fingerprint density at radius 3 is 1.90 bits per heavy atom. The second kappa shape index (κ2) is 2.21. The first-order valence-corrected chi connectivity index (χ1v) is 3.97. The zero-order valence-electron chi connectivity index (χ0n) is 6.85. The van der Waals surface area contributed by atoms with Crippen molar-refractivity contribution in [2.24, 2.45) is 5.73 Å². The quantitative estimate of drug-likeness (QED) is 0.576. The Labute approximate surface area is 62.4 Å². The standard InChI is InChI=1S/C8H17NO/c1-7(2,9)8(10)5-3-4-6-8/h10H,3-6,9H2,1-2H3. The van der Waals surface area contributed by atoms with E-state index in [4.69, 9.17) is 5.73 Å². The van der Waals surface area contributed by atoms with Crippen molar-refractivity contribution in [2.45, 2.75) is 50.7 Å². The summed E-state index contributed by atoms with van der Waals surface area (Å²) >= 11 is 0. The molecule has 2 heteroatoms. The van der Waals surface area contributed by atoms with Crippen molar-refractivity contribution in [3.05, 3.63) is 0 Å². The van der Waals surface area contributed by atoms with E-state index >= 15 is 0 Å². The summed E-state index contributed by atoms with van der Waals surface area (Å²) in [5.41, 5.74) is 4.81. The van der Waals surface area contributed by atoms with Crippen molar-refractivity contribution in [1.82, 2.24) is 0 Å². The highest BCUT2D eigenvalue weighted by Crippen LogP contribution is 2.36. The maximum absolute atomic E-state index is 9.90. The third kappa shape index (κ3) is 1.18. The van der Waals surface area contributed by atoms with Crippen molar-refractivity contribution in [3.63, 3.8) is 0 Å². The van der Waals surface area contributed by atoms with E-state index in [1.165, 1.54) is 0 Å². The molecule has 0 spiro atoms. The summed E-state index contributed by atoms with van der Waals surface area (Å²) in [7, 11) is 0. The molecule has 1 aliphatic carbocycles. The molecule has 0 unspecified atom stereocenters. The molecule has 3 N–H and O–H groups in total. The molecule has 0 amide bonds. The predicted molar refractivity (Wildman–Crippen MR) is 41.7 cm³/mol. The number of aliphatic hydroxyl groups is 1. The number of rotatable bonds is 1. The van der Waals surface area contributed by atoms with Gasteiger partial charge in [0.25, 0.3) is 0 Å². The first-order valence-electron chi connectivity index (χ1n) is 3.97. The normalized spacial score (nSPS) is 25.2. The summed E-state index contributed by atoms with van der Waals surface area (Å²) in [6, 6.07) is 0. The van der Waals surface area contributed by atoms with E-state index in [0.29, 0.717) is 0 Å². The van der Waals surface area contributed by atoms with Crippen LogP contribution in [0.4, 0.5) is 0 Å². The van der Waals surface area contributed by atoms with E-state index in [1.54, 1.807) is 0 Å². The number of nitrogens with two attached hydrogens (primary N) is 1. The van der Waals surface area contributed by atoms with E-state index in [9.17, 15) is 5.11 Å². The first kappa shape index (κ1) is 8.02. The summed E-state index contributed by atoms with van der Waals surface area (Å²) < 4.78 is 0. The van der Waals surface area contributed by atoms with Crippen LogP contribution in [0.15, 0.2) is 0 Å². The van der Waals surface area contributed by atoms with Crippen molar-refractivity contribution < 1.29 is 5.11 Å². The van der Waals surface area contributed by atoms with Gasteiger partial charge in [0.1, 0.15) is 0 Å². The molecule has 0 radical (unpaired) electrons. The molecule has 0 atom stereocenters. The molecule has 1 saturated carbocycles. The van der Waals surface area contributed by atoms with E-state index < -0.39 is 11.1 Å². The molecule has 0 saturated heterocycles. The fraction of sp³-hybridized carbons (Fsp3) is 1.00. The van der Waals surface area contributed by atoms with Crippen LogP contribution in [0.3, 0.4) is 0 Å². The molecule has 0 aromatic carbocycles. The van der Waals surface area contributed by atoms with Crippen LogP contribution in [0, 0.1) is 0 Å². The topological polar surface area (TPSA) is 46.2 Å². The van der Waals surface area contributed by atoms with Crippen molar-refractivity contribution in [1.29, 1.82) is 0 Å². The average molecular weight is 143 g/mol. The average Bonchev–Trinajstić information content (AvgIpc) is 2.13. The van der Waals surface area contributed by atoms with Crippen LogP contribution in [0.5, 0.6) is 0 Å². The van der Waals surface area contributed by atoms with Gasteiger partial charge in [0.2, 0.25) is 0 Å². The fourth-order valence-corrected chi connectivity index (χ4v) is 1.60. The summed E-state index contributed by atoms with van der Waals surface area (Å²) in [6.45, 7) is 3.80. The Hall–Kier alpha value is -0.0800. The van der Waals surface area contributed by atoms with Crippen LogP contribution in [0.1, 0.15) is 39.5 Å². The zero-order valence-corrected chi connectivity index (χ0v) is 6.85. The smallest absolute Gasteiger partial charge is 0.0820 e. The maximum atomic E-state index is 9.90. The molecule has 0 aromatic rings. The minimum atomic E-state index is -0.590. The monoisotopic (exact) mass is 143 g/mol. The molecule has 1 aliphatic rings. The molecule has 2 nitrogen and oxygen atoms in total. The van der Waals surface area contributed by atoms with Gasteiger partial charge in [-0.3, -0.25) is 0 Å². The van der Waals surface area contributed by atoms with Gasteiger partial charge in [0.05, 0.1) is 5.60 Å². The summed E-state index contributed by atoms with van der Waals surface area (Å²) in [4.78, 5) is 0. The van der Waals surface area contributed by atoms with Crippen LogP contribution in [0.25, 0.3) is 0 Å². The van der Waals surface area contributed by atoms with Crippen LogP contribution in [0.2, 0.25) is 0 Å². The van der Waals surface area contributed by atoms with Crippen molar-refractivity contribution in [3.8, 4) is 0 Å². The molecule has 10 heavy (non-hydrogen) atoms. The van der Waals surface area contributed by atoms with Crippen molar-refractivity contribution in [2.75, 3.05) is 0 Å². The minimum Gasteiger partial charge on any atom is -0.388 e. The van der Waals surface area contributed by atoms with Gasteiger partial charge in [-0.1, -0.05) is 12.8 Å². The second-order valence-electron chi connectivity index (χ2n) is 3.96. The van der Waals surface area contributed by atoms with Crippen LogP contribution in [-0.4, -0.2) is 16.2 Å². The van der Waals surface area contributed by atoms with E-state index in [-0.39, 0.29) is 0 Å². The highest BCUT2D eigenvalue weighted by atomic mass is 16.3. The lowest BCUT2D eigenvalue weighted by atomic mass is 9.82. The summed E-state index contributed by atoms with van der Waals surface area (Å²) in [6.07, 6.45) is 3.99. The Balaban J connectivity index is 2.67. The Morgan fingerprint density at radius 1 is 1.30 bits per heavy atom. The molecule has 0 aromatic heterocycles. The van der Waals surface area contributed by atoms with Gasteiger partial charge in [0, 0.05) is 5.54 Å². The van der Waals surface area contributed by atoms with Gasteiger partial charge < -0.3 is 10.8 Å². The van der Waals surface area contributed by atoms with Crippen LogP contribution < -0.4 is 5.73 Å². The fourth-order valence-electron chi connectivity index (χ4n) is 1.60. The van der Waals surface area contributed by atoms with Gasteiger partial charge in [-0.25, -0.2) is 0 Å². The molecule has 0 heterocycles. The van der Waals surface area contributed by atoms with Gasteiger partial charge in [0.15, 0.2) is 0 Å². The SMILES string of the molecule is CC(C)(N)C1(O)CCCC1. The van der Waals surface area contributed by atoms with E-state index in [1.807, 2.05) is 13.8 Å². The van der Waals surface area contributed by atoms with Gasteiger partial charge in [-0.05, 0) is 26.7 Å². The largest absolute Gasteiger partial charge is 0.388 e. The Bertz CT molecular complexity index is 120. The van der Waals surface area contributed by atoms with Crippen LogP contribution in [-0.2, 0) is 0 Å². The molecular formula is C8H17NO. The second-order valence-corrected chi connectivity index (χ2v) is 3.96. The minimum absolute atomic E-state index is 0.427. The molecule has 60 valence electrons. The summed E-state index contributed by atoms with van der Waals surface area (Å²) in [5, 5.41) is 9.90. The molecule has 0 aliphatic heterocycles. The van der Waals surface area contributed by atoms with E-state index in [0.717, 1.165) is 25.7 Å². The van der Waals surface area contributed by atoms with Gasteiger partial charge in [-0.2, -0.15) is 0 Å². The van der Waals surface area contributed by atoms with Crippen LogP contribution >= 0.6 is 0 Å². The highest BCUT2D eigenvalue weighted by Gasteiger charge is 2.42. The number of hydrogen-bond acceptors (Lipinski definition) is 2. The predicted octanol–water partition coefficient (Wildman–Crippen LogP) is 1.03. The summed E-state index contributed by atoms with van der Waals surface area (Å²) in [5.74, 6) is 0. The molecule has 1 fully saturated rings. The number of hydrogen-bond donors (Lipinski definition) is 2. The lowest BCUT2D eigenvalue weighted by Crippen LogP contribution is -2.54. The highest BCUT2D eigenvalue weighted by molar-refractivity contribution is 5.00. The lowest BCUT2D eigenvalue weighted by molar-refractivity contribution is -0.0147. The zero-order chi connectivity index (χ0) is 7.83. The molecule has 1 rings (SSSR count). The lowest BCUT2D eigenvalue weighted by Gasteiger charge is -2.36. The third-order valence-electron chi connectivity index (χ3n) is 2.63. The van der Waals surface area contributed by atoms with Crippen molar-refractivity contribution >= 4 is 0 Å². The molecule has 0 bridgehead atoms. The van der Waals surface area contributed by atoms with Gasteiger partial charge >= 0.3 is 0 Å². The maximum Gasteiger partial charge on any atom is 0.0820 e. The Morgan fingerprint density at radius 2 is 1.70 bits per heavy atom. The van der Waals surface area contributed by atoms with Gasteiger partial charge in [-0.15, -0.1) is 0 Å². The third-order valence-corrected chi connectivity index (χ3v) is 2.63. The first-order chi connectivity index (χ1) is 4.46. The van der Waals surface area contributed by atoms with E-state index in [2.05, 4.69) is 0 Å². The Kier molecular flexibility index (Phi) is 1.77.